The molecule has 0 N–H and O–H groups in total. The van der Waals surface area contributed by atoms with Crippen molar-refractivity contribution in [2.75, 3.05) is 7.11 Å². The van der Waals surface area contributed by atoms with E-state index in [1.807, 2.05) is 6.07 Å². The van der Waals surface area contributed by atoms with Gasteiger partial charge in [-0.3, -0.25) is 14.5 Å². The lowest BCUT2D eigenvalue weighted by Gasteiger charge is -2.18. The van der Waals surface area contributed by atoms with Gasteiger partial charge in [0, 0.05) is 15.6 Å². The molecule has 10 heteroatoms. The summed E-state index contributed by atoms with van der Waals surface area (Å²) in [6.07, 6.45) is 1.61. The second-order valence-electron chi connectivity index (χ2n) is 6.47. The molecule has 1 heterocycles. The number of methoxy groups -OCH3 is 1. The lowest BCUT2D eigenvalue weighted by Crippen LogP contribution is -2.42. The summed E-state index contributed by atoms with van der Waals surface area (Å²) in [5, 5.41) is 0.567. The number of nitrogens with zero attached hydrogens (tertiary/aromatic N) is 1. The molecule has 31 heavy (non-hydrogen) atoms. The smallest absolute Gasteiger partial charge is 0.328 e. The van der Waals surface area contributed by atoms with Gasteiger partial charge in [0.25, 0.3) is 11.1 Å². The summed E-state index contributed by atoms with van der Waals surface area (Å²) >= 11 is 15.0. The number of carbonyl (C=O) groups excluding carboxylic acids is 3. The molecule has 1 saturated heterocycles. The SMILES string of the molecule is COC(=O)[C@@H](C)N1C(=O)S/C(=C/c2ccc(OCc3ccc(Cl)cc3Cl)c(I)c2)C1=O. The molecule has 1 fully saturated rings. The molecule has 1 atom stereocenters. The van der Waals surface area contributed by atoms with Gasteiger partial charge in [-0.2, -0.15) is 0 Å². The van der Waals surface area contributed by atoms with E-state index < -0.39 is 23.2 Å². The maximum absolute atomic E-state index is 12.6. The second kappa shape index (κ2) is 10.2. The third-order valence-electron chi connectivity index (χ3n) is 4.41. The summed E-state index contributed by atoms with van der Waals surface area (Å²) in [7, 11) is 1.21. The summed E-state index contributed by atoms with van der Waals surface area (Å²) in [4.78, 5) is 37.7. The number of hydrogen-bond donors (Lipinski definition) is 0. The Bertz CT molecular complexity index is 1090. The highest BCUT2D eigenvalue weighted by molar-refractivity contribution is 14.1. The number of imide groups is 1. The van der Waals surface area contributed by atoms with Crippen LogP contribution in [0.25, 0.3) is 6.08 Å². The monoisotopic (exact) mass is 591 g/mol. The van der Waals surface area contributed by atoms with Crippen LogP contribution < -0.4 is 4.74 Å². The van der Waals surface area contributed by atoms with Gasteiger partial charge in [-0.25, -0.2) is 4.79 Å². The average Bonchev–Trinajstić information content (AvgIpc) is 3.00. The third kappa shape index (κ3) is 5.54. The molecule has 0 aromatic heterocycles. The van der Waals surface area contributed by atoms with Crippen molar-refractivity contribution in [3.63, 3.8) is 0 Å². The van der Waals surface area contributed by atoms with Crippen molar-refractivity contribution in [3.05, 3.63) is 66.0 Å². The van der Waals surface area contributed by atoms with E-state index in [2.05, 4.69) is 27.3 Å². The van der Waals surface area contributed by atoms with Gasteiger partial charge in [0.1, 0.15) is 18.4 Å². The minimum Gasteiger partial charge on any atom is -0.488 e. The first-order valence-corrected chi connectivity index (χ1v) is 11.6. The van der Waals surface area contributed by atoms with Crippen molar-refractivity contribution < 1.29 is 23.9 Å². The summed E-state index contributed by atoms with van der Waals surface area (Å²) < 4.78 is 11.3. The van der Waals surface area contributed by atoms with Gasteiger partial charge < -0.3 is 9.47 Å². The van der Waals surface area contributed by atoms with E-state index in [1.54, 1.807) is 36.4 Å². The summed E-state index contributed by atoms with van der Waals surface area (Å²) in [6.45, 7) is 1.73. The highest BCUT2D eigenvalue weighted by atomic mass is 127. The highest BCUT2D eigenvalue weighted by Crippen LogP contribution is 2.34. The minimum atomic E-state index is -0.987. The maximum Gasteiger partial charge on any atom is 0.328 e. The molecule has 0 spiro atoms. The van der Waals surface area contributed by atoms with Crippen LogP contribution in [0.5, 0.6) is 5.75 Å². The van der Waals surface area contributed by atoms with Crippen molar-refractivity contribution in [1.29, 1.82) is 0 Å². The summed E-state index contributed by atoms with van der Waals surface area (Å²) in [6, 6.07) is 9.60. The van der Waals surface area contributed by atoms with Crippen LogP contribution in [-0.4, -0.2) is 35.2 Å². The first-order chi connectivity index (χ1) is 14.7. The predicted octanol–water partition coefficient (Wildman–Crippen LogP) is 5.77. The van der Waals surface area contributed by atoms with E-state index in [0.29, 0.717) is 15.8 Å². The number of amides is 2. The normalized spacial score (nSPS) is 16.0. The van der Waals surface area contributed by atoms with Crippen molar-refractivity contribution in [1.82, 2.24) is 4.90 Å². The highest BCUT2D eigenvalue weighted by Gasteiger charge is 2.41. The van der Waals surface area contributed by atoms with Gasteiger partial charge in [0.2, 0.25) is 0 Å². The largest absolute Gasteiger partial charge is 0.488 e. The van der Waals surface area contributed by atoms with Crippen LogP contribution in [0.3, 0.4) is 0 Å². The van der Waals surface area contributed by atoms with E-state index in [0.717, 1.165) is 31.4 Å². The molecular formula is C21H16Cl2INO5S. The molecule has 0 saturated carbocycles. The van der Waals surface area contributed by atoms with Crippen LogP contribution in [0.2, 0.25) is 10.0 Å². The molecule has 2 amide bonds. The van der Waals surface area contributed by atoms with Gasteiger partial charge in [-0.05, 0) is 77.2 Å². The van der Waals surface area contributed by atoms with E-state index in [4.69, 9.17) is 27.9 Å². The summed E-state index contributed by atoms with van der Waals surface area (Å²) in [5.74, 6) is -0.530. The average molecular weight is 592 g/mol. The number of hydrogen-bond acceptors (Lipinski definition) is 6. The van der Waals surface area contributed by atoms with Crippen molar-refractivity contribution in [2.45, 2.75) is 19.6 Å². The molecule has 0 unspecified atom stereocenters. The molecular weight excluding hydrogens is 576 g/mol. The fourth-order valence-electron chi connectivity index (χ4n) is 2.76. The van der Waals surface area contributed by atoms with Crippen molar-refractivity contribution in [3.8, 4) is 5.75 Å². The third-order valence-corrected chi connectivity index (χ3v) is 6.72. The van der Waals surface area contributed by atoms with E-state index in [-0.39, 0.29) is 11.5 Å². The fraction of sp³-hybridized carbons (Fsp3) is 0.190. The van der Waals surface area contributed by atoms with Crippen LogP contribution in [0.4, 0.5) is 4.79 Å². The lowest BCUT2D eigenvalue weighted by atomic mass is 10.2. The summed E-state index contributed by atoms with van der Waals surface area (Å²) in [5.41, 5.74) is 1.52. The number of halogens is 3. The van der Waals surface area contributed by atoms with E-state index >= 15 is 0 Å². The Morgan fingerprint density at radius 3 is 2.61 bits per heavy atom. The fourth-order valence-corrected chi connectivity index (χ4v) is 4.83. The number of ether oxygens (including phenoxy) is 2. The number of esters is 1. The maximum atomic E-state index is 12.6. The second-order valence-corrected chi connectivity index (χ2v) is 9.46. The van der Waals surface area contributed by atoms with Crippen LogP contribution in [0, 0.1) is 3.57 Å². The molecule has 1 aliphatic heterocycles. The van der Waals surface area contributed by atoms with Gasteiger partial charge >= 0.3 is 5.97 Å². The van der Waals surface area contributed by atoms with Crippen LogP contribution in [0.15, 0.2) is 41.3 Å². The van der Waals surface area contributed by atoms with Crippen LogP contribution in [0.1, 0.15) is 18.1 Å². The molecule has 2 aromatic carbocycles. The molecule has 6 nitrogen and oxygen atoms in total. The Morgan fingerprint density at radius 2 is 1.97 bits per heavy atom. The van der Waals surface area contributed by atoms with E-state index in [1.165, 1.54) is 14.0 Å². The molecule has 0 bridgehead atoms. The van der Waals surface area contributed by atoms with Gasteiger partial charge in [-0.1, -0.05) is 35.3 Å². The molecule has 162 valence electrons. The first-order valence-electron chi connectivity index (χ1n) is 8.92. The number of thioether (sulfide) groups is 1. The molecule has 3 rings (SSSR count). The Morgan fingerprint density at radius 1 is 1.23 bits per heavy atom. The van der Waals surface area contributed by atoms with Gasteiger partial charge in [-0.15, -0.1) is 0 Å². The Hall–Kier alpha value is -1.75. The molecule has 2 aromatic rings. The topological polar surface area (TPSA) is 72.9 Å². The molecule has 0 radical (unpaired) electrons. The number of carbonyl (C=O) groups is 3. The molecule has 1 aliphatic rings. The van der Waals surface area contributed by atoms with Gasteiger partial charge in [0.05, 0.1) is 15.6 Å². The van der Waals surface area contributed by atoms with Crippen molar-refractivity contribution in [2.24, 2.45) is 0 Å². The standard InChI is InChI=1S/C21H16Cl2INO5S/c1-11(20(27)29-2)25-19(26)18(31-21(25)28)8-12-3-6-17(16(24)7-12)30-10-13-4-5-14(22)9-15(13)23/h3-9,11H,10H2,1-2H3/b18-8+/t11-/m1/s1. The number of rotatable bonds is 6. The zero-order valence-electron chi connectivity index (χ0n) is 16.4. The lowest BCUT2D eigenvalue weighted by molar-refractivity contribution is -0.148. The van der Waals surface area contributed by atoms with Crippen molar-refractivity contribution >= 4 is 80.7 Å². The van der Waals surface area contributed by atoms with E-state index in [9.17, 15) is 14.4 Å². The number of benzene rings is 2. The Labute approximate surface area is 207 Å². The zero-order valence-corrected chi connectivity index (χ0v) is 20.8. The predicted molar refractivity (Wildman–Crippen MR) is 129 cm³/mol. The van der Waals surface area contributed by atoms with Gasteiger partial charge in [0.15, 0.2) is 0 Å². The minimum absolute atomic E-state index is 0.234. The molecule has 0 aliphatic carbocycles. The van der Waals surface area contributed by atoms with Crippen LogP contribution in [-0.2, 0) is 20.9 Å². The van der Waals surface area contributed by atoms with Crippen LogP contribution >= 0.6 is 57.6 Å². The Balaban J connectivity index is 1.74. The first kappa shape index (κ1) is 23.9. The quantitative estimate of drug-likeness (QED) is 0.241. The zero-order chi connectivity index (χ0) is 22.7. The Kier molecular flexibility index (Phi) is 7.90.